The van der Waals surface area contributed by atoms with E-state index in [1.54, 1.807) is 26.2 Å². The van der Waals surface area contributed by atoms with Gasteiger partial charge in [0.25, 0.3) is 0 Å². The third kappa shape index (κ3) is 6.67. The van der Waals surface area contributed by atoms with Gasteiger partial charge in [0.2, 0.25) is 0 Å². The van der Waals surface area contributed by atoms with Crippen molar-refractivity contribution in [3.05, 3.63) is 28.2 Å². The van der Waals surface area contributed by atoms with Crippen molar-refractivity contribution >= 4 is 21.6 Å². The smallest absolute Gasteiger partial charge is 0.383 e. The van der Waals surface area contributed by atoms with Gasteiger partial charge in [0.15, 0.2) is 0 Å². The average Bonchev–Trinajstić information content (AvgIpc) is 2.41. The highest BCUT2D eigenvalue weighted by Crippen LogP contribution is 2.27. The van der Waals surface area contributed by atoms with Gasteiger partial charge in [-0.2, -0.15) is 13.2 Å². The van der Waals surface area contributed by atoms with Crippen LogP contribution in [0.1, 0.15) is 12.5 Å². The number of hydrogen-bond donors (Lipinski definition) is 1. The summed E-state index contributed by atoms with van der Waals surface area (Å²) < 4.78 is 43.3. The minimum absolute atomic E-state index is 0.303. The molecule has 120 valence electrons. The first-order valence-corrected chi connectivity index (χ1v) is 7.46. The maximum absolute atomic E-state index is 12.5. The van der Waals surface area contributed by atoms with Gasteiger partial charge in [-0.25, -0.2) is 0 Å². The summed E-state index contributed by atoms with van der Waals surface area (Å²) in [6.07, 6.45) is -4.21. The molecular formula is C14H20BrF3N2O. The summed E-state index contributed by atoms with van der Waals surface area (Å²) in [7, 11) is 1.63. The molecule has 1 N–H and O–H groups in total. The first-order chi connectivity index (χ1) is 9.87. The topological polar surface area (TPSA) is 24.5 Å². The highest BCUT2D eigenvalue weighted by molar-refractivity contribution is 9.10. The van der Waals surface area contributed by atoms with Gasteiger partial charge in [-0.3, -0.25) is 0 Å². The minimum Gasteiger partial charge on any atom is -0.383 e. The molecule has 21 heavy (non-hydrogen) atoms. The largest absolute Gasteiger partial charge is 0.405 e. The van der Waals surface area contributed by atoms with Crippen LogP contribution in [0, 0.1) is 0 Å². The number of ether oxygens (including phenoxy) is 1. The first kappa shape index (κ1) is 18.3. The van der Waals surface area contributed by atoms with Crippen LogP contribution in [-0.2, 0) is 11.3 Å². The summed E-state index contributed by atoms with van der Waals surface area (Å²) in [5.74, 6) is 0. The molecule has 1 aromatic carbocycles. The van der Waals surface area contributed by atoms with Gasteiger partial charge in [0.05, 0.1) is 6.61 Å². The van der Waals surface area contributed by atoms with Gasteiger partial charge in [-0.1, -0.05) is 22.0 Å². The normalized spacial score (nSPS) is 11.7. The number of anilines is 1. The predicted molar refractivity (Wildman–Crippen MR) is 81.7 cm³/mol. The van der Waals surface area contributed by atoms with E-state index >= 15 is 0 Å². The lowest BCUT2D eigenvalue weighted by Gasteiger charge is -2.25. The fourth-order valence-corrected chi connectivity index (χ4v) is 2.38. The minimum atomic E-state index is -4.21. The molecule has 3 nitrogen and oxygen atoms in total. The molecule has 1 rings (SSSR count). The van der Waals surface area contributed by atoms with E-state index in [1.165, 1.54) is 4.90 Å². The van der Waals surface area contributed by atoms with Crippen molar-refractivity contribution in [1.29, 1.82) is 0 Å². The number of rotatable bonds is 8. The van der Waals surface area contributed by atoms with E-state index in [9.17, 15) is 13.2 Å². The number of hydrogen-bond acceptors (Lipinski definition) is 3. The molecular weight excluding hydrogens is 349 g/mol. The predicted octanol–water partition coefficient (Wildman–Crippen LogP) is 3.57. The Balaban J connectivity index is 2.71. The second-order valence-corrected chi connectivity index (χ2v) is 5.43. The maximum Gasteiger partial charge on any atom is 0.405 e. The van der Waals surface area contributed by atoms with Crippen molar-refractivity contribution in [3.8, 4) is 0 Å². The van der Waals surface area contributed by atoms with Crippen molar-refractivity contribution in [3.63, 3.8) is 0 Å². The average molecular weight is 369 g/mol. The first-order valence-electron chi connectivity index (χ1n) is 6.67. The molecule has 0 radical (unpaired) electrons. The van der Waals surface area contributed by atoms with Gasteiger partial charge < -0.3 is 15.0 Å². The fraction of sp³-hybridized carbons (Fsp3) is 0.571. The lowest BCUT2D eigenvalue weighted by molar-refractivity contribution is -0.119. The highest BCUT2D eigenvalue weighted by atomic mass is 79.9. The second-order valence-electron chi connectivity index (χ2n) is 4.57. The Kier molecular flexibility index (Phi) is 7.48. The molecule has 1 aromatic rings. The van der Waals surface area contributed by atoms with E-state index in [0.717, 1.165) is 16.6 Å². The lowest BCUT2D eigenvalue weighted by Crippen LogP contribution is -2.34. The molecule has 0 aliphatic carbocycles. The number of halogens is 4. The Morgan fingerprint density at radius 1 is 1.33 bits per heavy atom. The van der Waals surface area contributed by atoms with Crippen LogP contribution in [0.3, 0.4) is 0 Å². The molecule has 0 saturated heterocycles. The van der Waals surface area contributed by atoms with E-state index in [4.69, 9.17) is 4.74 Å². The molecule has 0 atom stereocenters. The van der Waals surface area contributed by atoms with Crippen molar-refractivity contribution < 1.29 is 17.9 Å². The molecule has 0 bridgehead atoms. The number of alkyl halides is 3. The van der Waals surface area contributed by atoms with Crippen LogP contribution in [0.5, 0.6) is 0 Å². The van der Waals surface area contributed by atoms with Gasteiger partial charge >= 0.3 is 6.18 Å². The van der Waals surface area contributed by atoms with Crippen LogP contribution in [0.2, 0.25) is 0 Å². The summed E-state index contributed by atoms with van der Waals surface area (Å²) in [4.78, 5) is 1.30. The number of nitrogens with zero attached hydrogens (tertiary/aromatic N) is 1. The Bertz CT molecular complexity index is 441. The molecule has 0 fully saturated rings. The zero-order chi connectivity index (χ0) is 15.9. The van der Waals surface area contributed by atoms with Crippen LogP contribution in [0.15, 0.2) is 22.7 Å². The van der Waals surface area contributed by atoms with Crippen molar-refractivity contribution in [1.82, 2.24) is 5.32 Å². The molecule has 0 heterocycles. The van der Waals surface area contributed by atoms with Gasteiger partial charge in [0, 0.05) is 36.9 Å². The molecule has 0 unspecified atom stereocenters. The van der Waals surface area contributed by atoms with E-state index in [2.05, 4.69) is 21.2 Å². The summed E-state index contributed by atoms with van der Waals surface area (Å²) >= 11 is 3.41. The van der Waals surface area contributed by atoms with Crippen molar-refractivity contribution in [2.45, 2.75) is 19.6 Å². The number of methoxy groups -OCH3 is 1. The van der Waals surface area contributed by atoms with Gasteiger partial charge in [0.1, 0.15) is 6.54 Å². The summed E-state index contributed by atoms with van der Waals surface area (Å²) in [6.45, 7) is 3.04. The summed E-state index contributed by atoms with van der Waals surface area (Å²) in [5.41, 5.74) is 1.56. The Hall–Kier alpha value is -0.790. The van der Waals surface area contributed by atoms with E-state index < -0.39 is 12.7 Å². The molecule has 0 aromatic heterocycles. The van der Waals surface area contributed by atoms with Crippen molar-refractivity contribution in [2.24, 2.45) is 0 Å². The Labute approximate surface area is 131 Å². The maximum atomic E-state index is 12.5. The molecule has 7 heteroatoms. The van der Waals surface area contributed by atoms with E-state index in [0.29, 0.717) is 25.4 Å². The van der Waals surface area contributed by atoms with Crippen LogP contribution in [0.4, 0.5) is 18.9 Å². The van der Waals surface area contributed by atoms with Crippen molar-refractivity contribution in [2.75, 3.05) is 38.3 Å². The zero-order valence-electron chi connectivity index (χ0n) is 12.1. The summed E-state index contributed by atoms with van der Waals surface area (Å²) in [6, 6.07) is 5.27. The Morgan fingerprint density at radius 3 is 2.57 bits per heavy atom. The zero-order valence-corrected chi connectivity index (χ0v) is 13.7. The number of nitrogens with one attached hydrogen (secondary N) is 1. The van der Waals surface area contributed by atoms with Gasteiger partial charge in [-0.05, 0) is 24.6 Å². The van der Waals surface area contributed by atoms with E-state index in [-0.39, 0.29) is 0 Å². The van der Waals surface area contributed by atoms with Gasteiger partial charge in [-0.15, -0.1) is 0 Å². The van der Waals surface area contributed by atoms with Crippen LogP contribution in [-0.4, -0.2) is 39.5 Å². The lowest BCUT2D eigenvalue weighted by atomic mass is 10.2. The monoisotopic (exact) mass is 368 g/mol. The second kappa shape index (κ2) is 8.60. The third-order valence-corrected chi connectivity index (χ3v) is 3.69. The molecule has 0 aliphatic rings. The molecule has 0 spiro atoms. The third-order valence-electron chi connectivity index (χ3n) is 2.95. The van der Waals surface area contributed by atoms with Crippen LogP contribution < -0.4 is 10.2 Å². The standard InChI is InChI=1S/C14H20BrF3N2O/c1-3-20(10-14(16,17)18)12-5-4-11(13(15)8-12)9-19-6-7-21-2/h4-5,8,19H,3,6-7,9-10H2,1-2H3. The molecule has 0 saturated carbocycles. The molecule has 0 aliphatic heterocycles. The molecule has 0 amide bonds. The SMILES string of the molecule is CCN(CC(F)(F)F)c1ccc(CNCCOC)c(Br)c1. The van der Waals surface area contributed by atoms with Crippen LogP contribution >= 0.6 is 15.9 Å². The quantitative estimate of drug-likeness (QED) is 0.709. The van der Waals surface area contributed by atoms with Crippen LogP contribution in [0.25, 0.3) is 0 Å². The Morgan fingerprint density at radius 2 is 2.05 bits per heavy atom. The fourth-order valence-electron chi connectivity index (χ4n) is 1.88. The highest BCUT2D eigenvalue weighted by Gasteiger charge is 2.30. The number of benzene rings is 1. The summed E-state index contributed by atoms with van der Waals surface area (Å²) in [5, 5.41) is 3.20. The van der Waals surface area contributed by atoms with E-state index in [1.807, 2.05) is 6.07 Å².